The molecule has 0 aliphatic rings. The van der Waals surface area contributed by atoms with E-state index in [-0.39, 0.29) is 19.0 Å². The molecule has 7 nitrogen and oxygen atoms in total. The summed E-state index contributed by atoms with van der Waals surface area (Å²) in [6, 6.07) is 13.9. The van der Waals surface area contributed by atoms with Gasteiger partial charge in [0.15, 0.2) is 23.9 Å². The summed E-state index contributed by atoms with van der Waals surface area (Å²) in [7, 11) is 1.63. The predicted molar refractivity (Wildman–Crippen MR) is 106 cm³/mol. The van der Waals surface area contributed by atoms with E-state index in [9.17, 15) is 0 Å². The highest BCUT2D eigenvalue weighted by molar-refractivity contribution is 5.85. The Morgan fingerprint density at radius 3 is 2.56 bits per heavy atom. The van der Waals surface area contributed by atoms with Gasteiger partial charge in [-0.25, -0.2) is 0 Å². The van der Waals surface area contributed by atoms with Crippen molar-refractivity contribution in [2.75, 3.05) is 13.7 Å². The van der Waals surface area contributed by atoms with Crippen molar-refractivity contribution in [3.8, 4) is 17.2 Å². The zero-order valence-corrected chi connectivity index (χ0v) is 16.5. The van der Waals surface area contributed by atoms with Gasteiger partial charge in [-0.2, -0.15) is 4.68 Å². The van der Waals surface area contributed by atoms with E-state index < -0.39 is 0 Å². The number of rotatable bonds is 8. The molecule has 0 unspecified atom stereocenters. The van der Waals surface area contributed by atoms with Crippen molar-refractivity contribution in [2.45, 2.75) is 27.0 Å². The average molecular weight is 390 g/mol. The number of nitrogens with zero attached hydrogens (tertiary/aromatic N) is 4. The highest BCUT2D eigenvalue weighted by atomic mass is 35.5. The molecule has 0 aliphatic heterocycles. The van der Waals surface area contributed by atoms with Crippen LogP contribution in [0.1, 0.15) is 23.9 Å². The van der Waals surface area contributed by atoms with Crippen molar-refractivity contribution >= 4 is 12.4 Å². The molecule has 2 aromatic carbocycles. The van der Waals surface area contributed by atoms with Crippen LogP contribution >= 0.6 is 12.4 Å². The minimum Gasteiger partial charge on any atom is -0.493 e. The molecule has 3 aromatic rings. The van der Waals surface area contributed by atoms with Crippen LogP contribution in [0.25, 0.3) is 5.69 Å². The normalized spacial score (nSPS) is 10.3. The zero-order chi connectivity index (χ0) is 18.4. The first-order valence-electron chi connectivity index (χ1n) is 8.56. The summed E-state index contributed by atoms with van der Waals surface area (Å²) in [6.07, 6.45) is 0. The van der Waals surface area contributed by atoms with Crippen LogP contribution in [0.4, 0.5) is 0 Å². The molecule has 0 saturated carbocycles. The van der Waals surface area contributed by atoms with Crippen LogP contribution in [0.2, 0.25) is 0 Å². The number of nitrogens with one attached hydrogen (secondary N) is 1. The molecule has 144 valence electrons. The number of benzene rings is 2. The molecular weight excluding hydrogens is 366 g/mol. The molecule has 3 rings (SSSR count). The molecule has 0 radical (unpaired) electrons. The molecule has 1 heterocycles. The zero-order valence-electron chi connectivity index (χ0n) is 15.7. The van der Waals surface area contributed by atoms with Gasteiger partial charge in [0.1, 0.15) is 0 Å². The number of ether oxygens (including phenoxy) is 2. The van der Waals surface area contributed by atoms with E-state index in [0.717, 1.165) is 24.3 Å². The summed E-state index contributed by atoms with van der Waals surface area (Å²) in [5.41, 5.74) is 3.22. The maximum absolute atomic E-state index is 5.91. The Balaban J connectivity index is 0.00000261. The Morgan fingerprint density at radius 2 is 1.85 bits per heavy atom. The second-order valence-corrected chi connectivity index (χ2v) is 5.90. The Kier molecular flexibility index (Phi) is 7.57. The first-order chi connectivity index (χ1) is 12.7. The van der Waals surface area contributed by atoms with Gasteiger partial charge in [0.2, 0.25) is 0 Å². The Hall–Kier alpha value is -2.64. The fourth-order valence-electron chi connectivity index (χ4n) is 2.54. The lowest BCUT2D eigenvalue weighted by Gasteiger charge is -2.12. The van der Waals surface area contributed by atoms with E-state index in [0.29, 0.717) is 17.3 Å². The summed E-state index contributed by atoms with van der Waals surface area (Å²) in [5, 5.41) is 15.2. The van der Waals surface area contributed by atoms with Gasteiger partial charge >= 0.3 is 0 Å². The molecule has 0 saturated heterocycles. The minimum absolute atomic E-state index is 0. The largest absolute Gasteiger partial charge is 0.493 e. The quantitative estimate of drug-likeness (QED) is 0.638. The van der Waals surface area contributed by atoms with Crippen molar-refractivity contribution in [3.63, 3.8) is 0 Å². The summed E-state index contributed by atoms with van der Waals surface area (Å²) >= 11 is 0. The lowest BCUT2D eigenvalue weighted by molar-refractivity contribution is 0.273. The van der Waals surface area contributed by atoms with E-state index >= 15 is 0 Å². The van der Waals surface area contributed by atoms with Gasteiger partial charge in [0, 0.05) is 6.54 Å². The Bertz CT molecular complexity index is 852. The molecule has 0 atom stereocenters. The minimum atomic E-state index is 0. The predicted octanol–water partition coefficient (Wildman–Crippen LogP) is 3.09. The highest BCUT2D eigenvalue weighted by Crippen LogP contribution is 2.28. The van der Waals surface area contributed by atoms with Gasteiger partial charge in [-0.1, -0.05) is 30.7 Å². The van der Waals surface area contributed by atoms with Crippen LogP contribution in [0.15, 0.2) is 42.5 Å². The van der Waals surface area contributed by atoms with E-state index in [1.807, 2.05) is 49.4 Å². The number of aryl methyl sites for hydroxylation is 1. The lowest BCUT2D eigenvalue weighted by atomic mass is 10.2. The SMILES string of the molecule is CCNCc1ccc(OCc2nnnn2-c2ccc(C)cc2)c(OC)c1.Cl. The van der Waals surface area contributed by atoms with Gasteiger partial charge < -0.3 is 14.8 Å². The molecule has 0 bridgehead atoms. The third kappa shape index (κ3) is 5.18. The molecule has 8 heteroatoms. The van der Waals surface area contributed by atoms with Crippen LogP contribution in [-0.2, 0) is 13.2 Å². The fourth-order valence-corrected chi connectivity index (χ4v) is 2.54. The molecule has 27 heavy (non-hydrogen) atoms. The van der Waals surface area contributed by atoms with Crippen LogP contribution < -0.4 is 14.8 Å². The number of hydrogen-bond donors (Lipinski definition) is 1. The topological polar surface area (TPSA) is 74.1 Å². The third-order valence-corrected chi connectivity index (χ3v) is 3.98. The van der Waals surface area contributed by atoms with Crippen molar-refractivity contribution < 1.29 is 9.47 Å². The first kappa shape index (κ1) is 20.7. The average Bonchev–Trinajstić information content (AvgIpc) is 3.14. The third-order valence-electron chi connectivity index (χ3n) is 3.98. The maximum Gasteiger partial charge on any atom is 0.194 e. The van der Waals surface area contributed by atoms with Crippen LogP contribution in [0.3, 0.4) is 0 Å². The van der Waals surface area contributed by atoms with Gasteiger partial charge in [-0.15, -0.1) is 17.5 Å². The molecule has 1 aromatic heterocycles. The van der Waals surface area contributed by atoms with Gasteiger partial charge in [0.25, 0.3) is 0 Å². The fraction of sp³-hybridized carbons (Fsp3) is 0.316. The molecular formula is C19H24ClN5O2. The summed E-state index contributed by atoms with van der Waals surface area (Å²) < 4.78 is 13.0. The van der Waals surface area contributed by atoms with Crippen LogP contribution in [-0.4, -0.2) is 33.9 Å². The summed E-state index contributed by atoms with van der Waals surface area (Å²) in [6.45, 7) is 6.07. The van der Waals surface area contributed by atoms with Crippen molar-refractivity contribution in [3.05, 3.63) is 59.4 Å². The second-order valence-electron chi connectivity index (χ2n) is 5.90. The van der Waals surface area contributed by atoms with E-state index in [1.54, 1.807) is 11.8 Å². The standard InChI is InChI=1S/C19H23N5O2.ClH/c1-4-20-12-15-7-10-17(18(11-15)25-3)26-13-19-21-22-23-24(19)16-8-5-14(2)6-9-16;/h5-11,20H,4,12-13H2,1-3H3;1H. The smallest absolute Gasteiger partial charge is 0.194 e. The van der Waals surface area contributed by atoms with Gasteiger partial charge in [0.05, 0.1) is 12.8 Å². The Labute approximate surface area is 165 Å². The molecule has 0 aliphatic carbocycles. The van der Waals surface area contributed by atoms with Gasteiger partial charge in [-0.3, -0.25) is 0 Å². The maximum atomic E-state index is 5.91. The van der Waals surface area contributed by atoms with Crippen molar-refractivity contribution in [1.82, 2.24) is 25.5 Å². The van der Waals surface area contributed by atoms with Crippen LogP contribution in [0.5, 0.6) is 11.5 Å². The summed E-state index contributed by atoms with van der Waals surface area (Å²) in [4.78, 5) is 0. The number of methoxy groups -OCH3 is 1. The lowest BCUT2D eigenvalue weighted by Crippen LogP contribution is -2.12. The second kappa shape index (κ2) is 9.89. The molecule has 0 amide bonds. The molecule has 0 spiro atoms. The highest BCUT2D eigenvalue weighted by Gasteiger charge is 2.11. The Morgan fingerprint density at radius 1 is 1.07 bits per heavy atom. The number of tetrazole rings is 1. The van der Waals surface area contributed by atoms with E-state index in [1.165, 1.54) is 5.56 Å². The van der Waals surface area contributed by atoms with Gasteiger partial charge in [-0.05, 0) is 53.7 Å². The van der Waals surface area contributed by atoms with Crippen LogP contribution in [0, 0.1) is 6.92 Å². The van der Waals surface area contributed by atoms with Crippen molar-refractivity contribution in [1.29, 1.82) is 0 Å². The number of hydrogen-bond acceptors (Lipinski definition) is 6. The summed E-state index contributed by atoms with van der Waals surface area (Å²) in [5.74, 6) is 1.97. The van der Waals surface area contributed by atoms with E-state index in [2.05, 4.69) is 27.8 Å². The molecule has 0 fully saturated rings. The first-order valence-corrected chi connectivity index (χ1v) is 8.56. The number of aromatic nitrogens is 4. The van der Waals surface area contributed by atoms with E-state index in [4.69, 9.17) is 9.47 Å². The molecule has 1 N–H and O–H groups in total. The monoisotopic (exact) mass is 389 g/mol. The number of halogens is 1. The van der Waals surface area contributed by atoms with Crippen molar-refractivity contribution in [2.24, 2.45) is 0 Å².